The molecule has 1 saturated heterocycles. The van der Waals surface area contributed by atoms with Crippen LogP contribution >= 0.6 is 15.9 Å². The standard InChI is InChI=1S/C11H15BrN2O/c1-14(11-2-3-15-8-11)7-9-4-10(12)6-13-5-9/h4-6,11H,2-3,7-8H2,1H3. The number of hydrogen-bond acceptors (Lipinski definition) is 3. The number of likely N-dealkylation sites (N-methyl/N-ethyl adjacent to an activating group) is 1. The molecule has 0 bridgehead atoms. The quantitative estimate of drug-likeness (QED) is 0.841. The second kappa shape index (κ2) is 5.05. The van der Waals surface area contributed by atoms with Crippen molar-refractivity contribution in [1.82, 2.24) is 9.88 Å². The second-order valence-corrected chi connectivity index (χ2v) is 4.86. The molecule has 0 saturated carbocycles. The van der Waals surface area contributed by atoms with Crippen molar-refractivity contribution in [3.8, 4) is 0 Å². The molecule has 0 radical (unpaired) electrons. The minimum Gasteiger partial charge on any atom is -0.380 e. The van der Waals surface area contributed by atoms with Gasteiger partial charge >= 0.3 is 0 Å². The molecule has 3 nitrogen and oxygen atoms in total. The van der Waals surface area contributed by atoms with E-state index in [2.05, 4.69) is 38.9 Å². The molecule has 2 heterocycles. The second-order valence-electron chi connectivity index (χ2n) is 3.94. The molecule has 1 unspecified atom stereocenters. The van der Waals surface area contributed by atoms with Crippen LogP contribution in [0.5, 0.6) is 0 Å². The fourth-order valence-electron chi connectivity index (χ4n) is 1.83. The molecule has 4 heteroatoms. The zero-order chi connectivity index (χ0) is 10.7. The van der Waals surface area contributed by atoms with E-state index in [1.165, 1.54) is 5.56 Å². The van der Waals surface area contributed by atoms with Crippen LogP contribution in [0.25, 0.3) is 0 Å². The molecule has 15 heavy (non-hydrogen) atoms. The first-order valence-corrected chi connectivity index (χ1v) is 5.92. The van der Waals surface area contributed by atoms with Crippen molar-refractivity contribution in [3.05, 3.63) is 28.5 Å². The first-order chi connectivity index (χ1) is 7.25. The van der Waals surface area contributed by atoms with Gasteiger partial charge in [0.15, 0.2) is 0 Å². The number of halogens is 1. The maximum Gasteiger partial charge on any atom is 0.0622 e. The van der Waals surface area contributed by atoms with Crippen LogP contribution < -0.4 is 0 Å². The van der Waals surface area contributed by atoms with E-state index in [0.717, 1.165) is 30.7 Å². The van der Waals surface area contributed by atoms with Gasteiger partial charge in [0, 0.05) is 36.1 Å². The van der Waals surface area contributed by atoms with Crippen LogP contribution in [0.2, 0.25) is 0 Å². The van der Waals surface area contributed by atoms with E-state index in [0.29, 0.717) is 6.04 Å². The highest BCUT2D eigenvalue weighted by Crippen LogP contribution is 2.15. The van der Waals surface area contributed by atoms with Crippen molar-refractivity contribution in [3.63, 3.8) is 0 Å². The van der Waals surface area contributed by atoms with Crippen LogP contribution in [0.15, 0.2) is 22.9 Å². The van der Waals surface area contributed by atoms with Crippen LogP contribution in [0.3, 0.4) is 0 Å². The average molecular weight is 271 g/mol. The molecule has 0 N–H and O–H groups in total. The summed E-state index contributed by atoms with van der Waals surface area (Å²) in [6, 6.07) is 2.67. The van der Waals surface area contributed by atoms with E-state index < -0.39 is 0 Å². The Morgan fingerprint density at radius 1 is 1.60 bits per heavy atom. The molecule has 0 amide bonds. The molecule has 0 aromatic carbocycles. The van der Waals surface area contributed by atoms with Crippen molar-refractivity contribution in [2.75, 3.05) is 20.3 Å². The predicted octanol–water partition coefficient (Wildman–Crippen LogP) is 2.06. The van der Waals surface area contributed by atoms with E-state index in [9.17, 15) is 0 Å². The largest absolute Gasteiger partial charge is 0.380 e. The normalized spacial score (nSPS) is 21.1. The third kappa shape index (κ3) is 3.00. The Morgan fingerprint density at radius 2 is 2.47 bits per heavy atom. The molecule has 1 aliphatic rings. The van der Waals surface area contributed by atoms with Crippen molar-refractivity contribution in [1.29, 1.82) is 0 Å². The van der Waals surface area contributed by atoms with Gasteiger partial charge in [0.25, 0.3) is 0 Å². The lowest BCUT2D eigenvalue weighted by atomic mass is 10.2. The molecule has 1 fully saturated rings. The number of ether oxygens (including phenoxy) is 1. The molecular weight excluding hydrogens is 256 g/mol. The average Bonchev–Trinajstić information content (AvgIpc) is 2.70. The van der Waals surface area contributed by atoms with Gasteiger partial charge in [0.2, 0.25) is 0 Å². The smallest absolute Gasteiger partial charge is 0.0622 e. The Morgan fingerprint density at radius 3 is 3.13 bits per heavy atom. The first kappa shape index (κ1) is 11.0. The van der Waals surface area contributed by atoms with Crippen molar-refractivity contribution in [2.45, 2.75) is 19.0 Å². The fraction of sp³-hybridized carbons (Fsp3) is 0.545. The summed E-state index contributed by atoms with van der Waals surface area (Å²) in [6.07, 6.45) is 4.86. The van der Waals surface area contributed by atoms with Gasteiger partial charge in [-0.1, -0.05) is 0 Å². The Kier molecular flexibility index (Phi) is 3.72. The van der Waals surface area contributed by atoms with Gasteiger partial charge in [-0.2, -0.15) is 0 Å². The minimum atomic E-state index is 0.559. The maximum atomic E-state index is 5.37. The van der Waals surface area contributed by atoms with Crippen LogP contribution in [0.4, 0.5) is 0 Å². The number of rotatable bonds is 3. The molecule has 1 aliphatic heterocycles. The monoisotopic (exact) mass is 270 g/mol. The van der Waals surface area contributed by atoms with Gasteiger partial charge in [-0.05, 0) is 41.0 Å². The minimum absolute atomic E-state index is 0.559. The lowest BCUT2D eigenvalue weighted by Gasteiger charge is -2.22. The highest BCUT2D eigenvalue weighted by atomic mass is 79.9. The zero-order valence-corrected chi connectivity index (χ0v) is 10.4. The SMILES string of the molecule is CN(Cc1cncc(Br)c1)C1CCOC1. The molecule has 1 aromatic heterocycles. The summed E-state index contributed by atoms with van der Waals surface area (Å²) < 4.78 is 6.41. The molecule has 0 aliphatic carbocycles. The number of hydrogen-bond donors (Lipinski definition) is 0. The van der Waals surface area contributed by atoms with Crippen molar-refractivity contribution in [2.24, 2.45) is 0 Å². The van der Waals surface area contributed by atoms with Crippen LogP contribution in [-0.2, 0) is 11.3 Å². The molecule has 1 atom stereocenters. The molecule has 82 valence electrons. The summed E-state index contributed by atoms with van der Waals surface area (Å²) in [5.74, 6) is 0. The Bertz CT molecular complexity index is 326. The predicted molar refractivity (Wildman–Crippen MR) is 62.6 cm³/mol. The lowest BCUT2D eigenvalue weighted by molar-refractivity contribution is 0.156. The van der Waals surface area contributed by atoms with E-state index in [1.807, 2.05) is 12.4 Å². The summed E-state index contributed by atoms with van der Waals surface area (Å²) in [7, 11) is 2.14. The van der Waals surface area contributed by atoms with Gasteiger partial charge in [-0.25, -0.2) is 0 Å². The molecule has 2 rings (SSSR count). The summed E-state index contributed by atoms with van der Waals surface area (Å²) >= 11 is 3.43. The Labute approximate surface area is 98.6 Å². The molecular formula is C11H15BrN2O. The van der Waals surface area contributed by atoms with Crippen LogP contribution in [0, 0.1) is 0 Å². The fourth-order valence-corrected chi connectivity index (χ4v) is 2.24. The molecule has 0 spiro atoms. The maximum absolute atomic E-state index is 5.37. The number of nitrogens with zero attached hydrogens (tertiary/aromatic N) is 2. The van der Waals surface area contributed by atoms with Gasteiger partial charge in [0.1, 0.15) is 0 Å². The molecule has 1 aromatic rings. The first-order valence-electron chi connectivity index (χ1n) is 5.13. The van der Waals surface area contributed by atoms with E-state index in [1.54, 1.807) is 0 Å². The third-order valence-electron chi connectivity index (χ3n) is 2.72. The summed E-state index contributed by atoms with van der Waals surface area (Å²) in [4.78, 5) is 6.49. The van der Waals surface area contributed by atoms with E-state index >= 15 is 0 Å². The van der Waals surface area contributed by atoms with Gasteiger partial charge in [0.05, 0.1) is 6.61 Å². The van der Waals surface area contributed by atoms with Crippen LogP contribution in [0.1, 0.15) is 12.0 Å². The third-order valence-corrected chi connectivity index (χ3v) is 3.16. The van der Waals surface area contributed by atoms with E-state index in [-0.39, 0.29) is 0 Å². The number of pyridine rings is 1. The zero-order valence-electron chi connectivity index (χ0n) is 8.82. The Hall–Kier alpha value is -0.450. The lowest BCUT2D eigenvalue weighted by Crippen LogP contribution is -2.31. The van der Waals surface area contributed by atoms with Gasteiger partial charge in [-0.15, -0.1) is 0 Å². The number of aromatic nitrogens is 1. The van der Waals surface area contributed by atoms with E-state index in [4.69, 9.17) is 4.74 Å². The highest BCUT2D eigenvalue weighted by molar-refractivity contribution is 9.10. The van der Waals surface area contributed by atoms with Crippen molar-refractivity contribution >= 4 is 15.9 Å². The van der Waals surface area contributed by atoms with Gasteiger partial charge < -0.3 is 4.74 Å². The summed E-state index contributed by atoms with van der Waals surface area (Å²) in [5.41, 5.74) is 1.23. The van der Waals surface area contributed by atoms with Crippen molar-refractivity contribution < 1.29 is 4.74 Å². The topological polar surface area (TPSA) is 25.4 Å². The summed E-state index contributed by atoms with van der Waals surface area (Å²) in [5, 5.41) is 0. The highest BCUT2D eigenvalue weighted by Gasteiger charge is 2.20. The summed E-state index contributed by atoms with van der Waals surface area (Å²) in [6.45, 7) is 2.68. The Balaban J connectivity index is 1.95. The van der Waals surface area contributed by atoms with Gasteiger partial charge in [-0.3, -0.25) is 9.88 Å². The van der Waals surface area contributed by atoms with Crippen LogP contribution in [-0.4, -0.2) is 36.2 Å².